The highest BCUT2D eigenvalue weighted by Gasteiger charge is 2.41. The van der Waals surface area contributed by atoms with E-state index in [9.17, 15) is 9.59 Å². The van der Waals surface area contributed by atoms with Crippen LogP contribution in [0, 0.1) is 13.8 Å². The third kappa shape index (κ3) is 5.35. The van der Waals surface area contributed by atoms with Crippen molar-refractivity contribution in [2.75, 3.05) is 32.1 Å². The van der Waals surface area contributed by atoms with Crippen LogP contribution in [0.2, 0.25) is 0 Å². The minimum atomic E-state index is -0.511. The van der Waals surface area contributed by atoms with E-state index in [2.05, 4.69) is 10.6 Å². The molecule has 0 aliphatic carbocycles. The molecule has 0 radical (unpaired) electrons. The molecule has 3 rings (SSSR count). The molecule has 154 valence electrons. The molecule has 0 bridgehead atoms. The topological polar surface area (TPSA) is 70.7 Å². The normalized spacial score (nSPS) is 18.5. The number of nitrogens with zero attached hydrogens (tertiary/aromatic N) is 1. The summed E-state index contributed by atoms with van der Waals surface area (Å²) in [5.74, 6) is -0.00566. The van der Waals surface area contributed by atoms with Crippen molar-refractivity contribution < 1.29 is 14.3 Å². The summed E-state index contributed by atoms with van der Waals surface area (Å²) < 4.78 is 5.27. The average molecular weight is 396 g/mol. The second-order valence-corrected chi connectivity index (χ2v) is 7.82. The molecular formula is C23H29N3O3. The number of ether oxygens (including phenoxy) is 1. The van der Waals surface area contributed by atoms with E-state index in [0.29, 0.717) is 38.1 Å². The zero-order valence-corrected chi connectivity index (χ0v) is 17.3. The van der Waals surface area contributed by atoms with Gasteiger partial charge in [-0.05, 0) is 56.5 Å². The van der Waals surface area contributed by atoms with Crippen molar-refractivity contribution in [2.45, 2.75) is 32.2 Å². The number of nitrogens with one attached hydrogen (secondary N) is 2. The van der Waals surface area contributed by atoms with E-state index in [4.69, 9.17) is 4.74 Å². The minimum Gasteiger partial charge on any atom is -0.385 e. The number of carbonyl (C=O) groups excluding carboxylic acids is 2. The Morgan fingerprint density at radius 1 is 1.10 bits per heavy atom. The lowest BCUT2D eigenvalue weighted by atomic mass is 9.94. The lowest BCUT2D eigenvalue weighted by molar-refractivity contribution is 0.0772. The van der Waals surface area contributed by atoms with Crippen LogP contribution >= 0.6 is 0 Å². The molecular weight excluding hydrogens is 366 g/mol. The first-order valence-corrected chi connectivity index (χ1v) is 9.91. The SMILES string of the molecule is COCCC1(NC(=O)Nc2cccc(C)c2)CCN(C(=O)c2cccc(C)c2)C1. The fourth-order valence-electron chi connectivity index (χ4n) is 3.80. The van der Waals surface area contributed by atoms with Gasteiger partial charge >= 0.3 is 6.03 Å². The van der Waals surface area contributed by atoms with Crippen LogP contribution < -0.4 is 10.6 Å². The second kappa shape index (κ2) is 9.09. The van der Waals surface area contributed by atoms with E-state index in [0.717, 1.165) is 16.8 Å². The van der Waals surface area contributed by atoms with Gasteiger partial charge in [-0.25, -0.2) is 4.79 Å². The molecule has 2 aromatic rings. The highest BCUT2D eigenvalue weighted by Crippen LogP contribution is 2.27. The third-order valence-electron chi connectivity index (χ3n) is 5.35. The number of methoxy groups -OCH3 is 1. The third-order valence-corrected chi connectivity index (χ3v) is 5.35. The van der Waals surface area contributed by atoms with Crippen molar-refractivity contribution in [3.63, 3.8) is 0 Å². The quantitative estimate of drug-likeness (QED) is 0.783. The molecule has 2 N–H and O–H groups in total. The van der Waals surface area contributed by atoms with Gasteiger partial charge in [-0.15, -0.1) is 0 Å². The van der Waals surface area contributed by atoms with Gasteiger partial charge in [0.15, 0.2) is 0 Å². The van der Waals surface area contributed by atoms with Crippen molar-refractivity contribution in [3.8, 4) is 0 Å². The monoisotopic (exact) mass is 395 g/mol. The largest absolute Gasteiger partial charge is 0.385 e. The molecule has 29 heavy (non-hydrogen) atoms. The van der Waals surface area contributed by atoms with Gasteiger partial charge in [-0.3, -0.25) is 4.79 Å². The van der Waals surface area contributed by atoms with Crippen LogP contribution in [0.4, 0.5) is 10.5 Å². The molecule has 2 aromatic carbocycles. The molecule has 0 saturated carbocycles. The standard InChI is InChI=1S/C23H29N3O3/c1-17-6-4-8-19(14-17)21(27)26-12-10-23(16-26,11-13-29-3)25-22(28)24-20-9-5-7-18(2)15-20/h4-9,14-15H,10-13,16H2,1-3H3,(H2,24,25,28). The number of anilines is 1. The Labute approximate surface area is 172 Å². The number of likely N-dealkylation sites (tertiary alicyclic amines) is 1. The maximum Gasteiger partial charge on any atom is 0.319 e. The maximum absolute atomic E-state index is 12.9. The number of rotatable bonds is 6. The van der Waals surface area contributed by atoms with Crippen LogP contribution in [-0.2, 0) is 4.74 Å². The molecule has 6 heteroatoms. The van der Waals surface area contributed by atoms with E-state index >= 15 is 0 Å². The Kier molecular flexibility index (Phi) is 6.54. The molecule has 1 saturated heterocycles. The van der Waals surface area contributed by atoms with Crippen molar-refractivity contribution in [2.24, 2.45) is 0 Å². The summed E-state index contributed by atoms with van der Waals surface area (Å²) >= 11 is 0. The fourth-order valence-corrected chi connectivity index (χ4v) is 3.80. The first-order chi connectivity index (χ1) is 13.9. The van der Waals surface area contributed by atoms with Crippen LogP contribution in [0.15, 0.2) is 48.5 Å². The van der Waals surface area contributed by atoms with Gasteiger partial charge in [0.1, 0.15) is 0 Å². The van der Waals surface area contributed by atoms with Crippen molar-refractivity contribution >= 4 is 17.6 Å². The predicted octanol–water partition coefficient (Wildman–Crippen LogP) is 3.75. The van der Waals surface area contributed by atoms with Gasteiger partial charge in [0.25, 0.3) is 5.91 Å². The predicted molar refractivity (Wildman–Crippen MR) is 114 cm³/mol. The van der Waals surface area contributed by atoms with Gasteiger partial charge < -0.3 is 20.3 Å². The number of aryl methyl sites for hydroxylation is 2. The summed E-state index contributed by atoms with van der Waals surface area (Å²) in [6, 6.07) is 15.0. The zero-order chi connectivity index (χ0) is 20.9. The first kappa shape index (κ1) is 20.9. The van der Waals surface area contributed by atoms with Crippen molar-refractivity contribution in [1.29, 1.82) is 0 Å². The Hall–Kier alpha value is -2.86. The van der Waals surface area contributed by atoms with Crippen LogP contribution in [0.3, 0.4) is 0 Å². The number of benzene rings is 2. The van der Waals surface area contributed by atoms with Crippen molar-refractivity contribution in [3.05, 3.63) is 65.2 Å². The second-order valence-electron chi connectivity index (χ2n) is 7.82. The molecule has 1 atom stereocenters. The molecule has 1 aliphatic rings. The summed E-state index contributed by atoms with van der Waals surface area (Å²) in [5.41, 5.74) is 3.04. The van der Waals surface area contributed by atoms with E-state index < -0.39 is 5.54 Å². The Bertz CT molecular complexity index is 883. The Balaban J connectivity index is 1.70. The minimum absolute atomic E-state index is 0.00566. The average Bonchev–Trinajstić information content (AvgIpc) is 3.09. The van der Waals surface area contributed by atoms with Crippen LogP contribution in [0.5, 0.6) is 0 Å². The smallest absolute Gasteiger partial charge is 0.319 e. The highest BCUT2D eigenvalue weighted by molar-refractivity contribution is 5.95. The van der Waals surface area contributed by atoms with Gasteiger partial charge in [0, 0.05) is 38.1 Å². The molecule has 6 nitrogen and oxygen atoms in total. The van der Waals surface area contributed by atoms with Crippen LogP contribution in [0.1, 0.15) is 34.3 Å². The molecule has 0 aromatic heterocycles. The summed E-state index contributed by atoms with van der Waals surface area (Å²) in [6.45, 7) is 5.53. The van der Waals surface area contributed by atoms with E-state index in [1.54, 1.807) is 7.11 Å². The number of amides is 3. The first-order valence-electron chi connectivity index (χ1n) is 9.91. The van der Waals surface area contributed by atoms with E-state index in [1.165, 1.54) is 0 Å². The number of hydrogen-bond donors (Lipinski definition) is 2. The number of hydrogen-bond acceptors (Lipinski definition) is 3. The highest BCUT2D eigenvalue weighted by atomic mass is 16.5. The van der Waals surface area contributed by atoms with E-state index in [-0.39, 0.29) is 11.9 Å². The van der Waals surface area contributed by atoms with Gasteiger partial charge in [0.05, 0.1) is 5.54 Å². The van der Waals surface area contributed by atoms with Crippen LogP contribution in [0.25, 0.3) is 0 Å². The lowest BCUT2D eigenvalue weighted by Crippen LogP contribution is -2.53. The van der Waals surface area contributed by atoms with E-state index in [1.807, 2.05) is 67.3 Å². The van der Waals surface area contributed by atoms with Gasteiger partial charge in [-0.1, -0.05) is 29.8 Å². The molecule has 1 heterocycles. The van der Waals surface area contributed by atoms with Gasteiger partial charge in [0.2, 0.25) is 0 Å². The molecule has 0 spiro atoms. The lowest BCUT2D eigenvalue weighted by Gasteiger charge is -2.30. The summed E-state index contributed by atoms with van der Waals surface area (Å²) in [7, 11) is 1.64. The summed E-state index contributed by atoms with van der Waals surface area (Å²) in [5, 5.41) is 6.02. The molecule has 3 amide bonds. The maximum atomic E-state index is 12.9. The fraction of sp³-hybridized carbons (Fsp3) is 0.391. The molecule has 1 aliphatic heterocycles. The summed E-state index contributed by atoms with van der Waals surface area (Å²) in [4.78, 5) is 27.4. The Morgan fingerprint density at radius 3 is 2.52 bits per heavy atom. The molecule has 1 unspecified atom stereocenters. The number of urea groups is 1. The summed E-state index contributed by atoms with van der Waals surface area (Å²) in [6.07, 6.45) is 1.33. The molecule has 1 fully saturated rings. The zero-order valence-electron chi connectivity index (χ0n) is 17.3. The van der Waals surface area contributed by atoms with Gasteiger partial charge in [-0.2, -0.15) is 0 Å². The van der Waals surface area contributed by atoms with Crippen molar-refractivity contribution in [1.82, 2.24) is 10.2 Å². The Morgan fingerprint density at radius 2 is 1.83 bits per heavy atom. The van der Waals surface area contributed by atoms with Crippen LogP contribution in [-0.4, -0.2) is 49.2 Å². The number of carbonyl (C=O) groups is 2.